The summed E-state index contributed by atoms with van der Waals surface area (Å²) < 4.78 is 0. The van der Waals surface area contributed by atoms with Crippen LogP contribution in [0.4, 0.5) is 0 Å². The van der Waals surface area contributed by atoms with Crippen molar-refractivity contribution >= 4 is 22.9 Å². The van der Waals surface area contributed by atoms with Gasteiger partial charge in [0.25, 0.3) is 0 Å². The number of amides is 1. The zero-order valence-electron chi connectivity index (χ0n) is 14.0. The van der Waals surface area contributed by atoms with Crippen LogP contribution in [0.5, 0.6) is 0 Å². The molecule has 4 rings (SSSR count). The molecule has 0 bridgehead atoms. The van der Waals surface area contributed by atoms with E-state index >= 15 is 0 Å². The van der Waals surface area contributed by atoms with Gasteiger partial charge in [0.2, 0.25) is 5.91 Å². The number of carbonyl (C=O) groups is 1. The van der Waals surface area contributed by atoms with E-state index in [0.717, 1.165) is 23.1 Å². The van der Waals surface area contributed by atoms with Crippen LogP contribution in [0.1, 0.15) is 18.5 Å². The second kappa shape index (κ2) is 6.66. The van der Waals surface area contributed by atoms with E-state index in [1.165, 1.54) is 12.8 Å². The standard InChI is InChI=1S/C20H20N4O/c21-13-18-14-23(11-12-24(18)17-8-9-17)20(25)10-7-16-6-5-15-3-1-2-4-19(15)22-16/h1-7,10,17-18H,8-9,11-12,14H2/b10-7+. The molecule has 2 aromatic rings. The molecular formula is C20H20N4O. The number of para-hydroxylation sites is 1. The number of carbonyl (C=O) groups excluding carboxylic acids is 1. The number of hydrogen-bond acceptors (Lipinski definition) is 4. The van der Waals surface area contributed by atoms with E-state index in [2.05, 4.69) is 16.0 Å². The molecule has 1 aromatic heterocycles. The number of aromatic nitrogens is 1. The van der Waals surface area contributed by atoms with Gasteiger partial charge in [-0.05, 0) is 31.1 Å². The van der Waals surface area contributed by atoms with Crippen molar-refractivity contribution in [1.29, 1.82) is 5.26 Å². The molecule has 25 heavy (non-hydrogen) atoms. The van der Waals surface area contributed by atoms with Gasteiger partial charge < -0.3 is 4.90 Å². The highest BCUT2D eigenvalue weighted by Crippen LogP contribution is 2.30. The molecule has 2 fully saturated rings. The van der Waals surface area contributed by atoms with Crippen molar-refractivity contribution in [3.63, 3.8) is 0 Å². The van der Waals surface area contributed by atoms with Gasteiger partial charge in [-0.25, -0.2) is 4.98 Å². The summed E-state index contributed by atoms with van der Waals surface area (Å²) in [6.07, 6.45) is 5.68. The average Bonchev–Trinajstić information content (AvgIpc) is 3.50. The summed E-state index contributed by atoms with van der Waals surface area (Å²) in [5.74, 6) is -0.0503. The van der Waals surface area contributed by atoms with Crippen LogP contribution in [0.2, 0.25) is 0 Å². The number of benzene rings is 1. The number of piperazine rings is 1. The zero-order valence-corrected chi connectivity index (χ0v) is 14.0. The van der Waals surface area contributed by atoms with Gasteiger partial charge in [0.1, 0.15) is 6.04 Å². The first-order chi connectivity index (χ1) is 12.2. The topological polar surface area (TPSA) is 60.2 Å². The summed E-state index contributed by atoms with van der Waals surface area (Å²) in [5.41, 5.74) is 1.68. The van der Waals surface area contributed by atoms with E-state index in [4.69, 9.17) is 0 Å². The molecule has 5 heteroatoms. The highest BCUT2D eigenvalue weighted by atomic mass is 16.2. The molecule has 1 amide bonds. The Bertz CT molecular complexity index is 865. The molecule has 1 saturated heterocycles. The monoisotopic (exact) mass is 332 g/mol. The molecule has 1 saturated carbocycles. The van der Waals surface area contributed by atoms with Crippen molar-refractivity contribution in [3.8, 4) is 6.07 Å². The first-order valence-corrected chi connectivity index (χ1v) is 8.73. The minimum Gasteiger partial charge on any atom is -0.335 e. The largest absolute Gasteiger partial charge is 0.335 e. The van der Waals surface area contributed by atoms with Crippen molar-refractivity contribution < 1.29 is 4.79 Å². The van der Waals surface area contributed by atoms with Crippen molar-refractivity contribution in [2.45, 2.75) is 24.9 Å². The normalized spacial score (nSPS) is 21.6. The van der Waals surface area contributed by atoms with Crippen LogP contribution in [0.3, 0.4) is 0 Å². The van der Waals surface area contributed by atoms with Gasteiger partial charge >= 0.3 is 0 Å². The van der Waals surface area contributed by atoms with E-state index in [-0.39, 0.29) is 11.9 Å². The van der Waals surface area contributed by atoms with Gasteiger partial charge in [0, 0.05) is 37.1 Å². The summed E-state index contributed by atoms with van der Waals surface area (Å²) in [6.45, 7) is 1.96. The van der Waals surface area contributed by atoms with Gasteiger partial charge in [-0.15, -0.1) is 0 Å². The summed E-state index contributed by atoms with van der Waals surface area (Å²) >= 11 is 0. The summed E-state index contributed by atoms with van der Waals surface area (Å²) in [6, 6.07) is 14.6. The number of rotatable bonds is 3. The smallest absolute Gasteiger partial charge is 0.246 e. The molecule has 2 heterocycles. The molecule has 0 radical (unpaired) electrons. The number of nitriles is 1. The maximum atomic E-state index is 12.5. The summed E-state index contributed by atoms with van der Waals surface area (Å²) in [5, 5.41) is 10.5. The van der Waals surface area contributed by atoms with Crippen LogP contribution in [0.25, 0.3) is 17.0 Å². The fourth-order valence-corrected chi connectivity index (χ4v) is 3.39. The van der Waals surface area contributed by atoms with Crippen molar-refractivity contribution in [1.82, 2.24) is 14.8 Å². The van der Waals surface area contributed by atoms with Crippen LogP contribution >= 0.6 is 0 Å². The molecule has 1 unspecified atom stereocenters. The Balaban J connectivity index is 1.43. The third-order valence-corrected chi connectivity index (χ3v) is 4.91. The van der Waals surface area contributed by atoms with Crippen LogP contribution in [0, 0.1) is 11.3 Å². The summed E-state index contributed by atoms with van der Waals surface area (Å²) in [4.78, 5) is 21.0. The van der Waals surface area contributed by atoms with Gasteiger partial charge in [-0.3, -0.25) is 9.69 Å². The lowest BCUT2D eigenvalue weighted by molar-refractivity contribution is -0.128. The average molecular weight is 332 g/mol. The Hall–Kier alpha value is -2.71. The molecule has 1 aromatic carbocycles. The molecule has 2 aliphatic rings. The molecule has 5 nitrogen and oxygen atoms in total. The number of nitrogens with zero attached hydrogens (tertiary/aromatic N) is 4. The van der Waals surface area contributed by atoms with Crippen LogP contribution in [0.15, 0.2) is 42.5 Å². The van der Waals surface area contributed by atoms with Gasteiger partial charge in [0.05, 0.1) is 17.3 Å². The lowest BCUT2D eigenvalue weighted by atomic mass is 10.1. The Morgan fingerprint density at radius 1 is 1.20 bits per heavy atom. The lowest BCUT2D eigenvalue weighted by Gasteiger charge is -2.38. The predicted molar refractivity (Wildman–Crippen MR) is 96.5 cm³/mol. The fourth-order valence-electron chi connectivity index (χ4n) is 3.39. The second-order valence-corrected chi connectivity index (χ2v) is 6.66. The van der Waals surface area contributed by atoms with E-state index in [1.54, 1.807) is 17.1 Å². The highest BCUT2D eigenvalue weighted by molar-refractivity contribution is 5.92. The molecule has 126 valence electrons. The van der Waals surface area contributed by atoms with Gasteiger partial charge in [-0.1, -0.05) is 24.3 Å². The Kier molecular flexibility index (Phi) is 4.21. The number of fused-ring (bicyclic) bond motifs is 1. The summed E-state index contributed by atoms with van der Waals surface area (Å²) in [7, 11) is 0. The van der Waals surface area contributed by atoms with E-state index in [9.17, 15) is 10.1 Å². The minimum absolute atomic E-state index is 0.0503. The van der Waals surface area contributed by atoms with Crippen molar-refractivity contribution in [3.05, 3.63) is 48.2 Å². The Labute approximate surface area is 147 Å². The molecule has 1 aliphatic carbocycles. The number of pyridine rings is 1. The van der Waals surface area contributed by atoms with Crippen molar-refractivity contribution in [2.75, 3.05) is 19.6 Å². The molecule has 0 spiro atoms. The SMILES string of the molecule is N#CC1CN(C(=O)/C=C/c2ccc3ccccc3n2)CCN1C1CC1. The maximum absolute atomic E-state index is 12.5. The van der Waals surface area contributed by atoms with Crippen molar-refractivity contribution in [2.24, 2.45) is 0 Å². The zero-order chi connectivity index (χ0) is 17.2. The third kappa shape index (κ3) is 3.40. The molecular weight excluding hydrogens is 312 g/mol. The maximum Gasteiger partial charge on any atom is 0.246 e. The van der Waals surface area contributed by atoms with Gasteiger partial charge in [0.15, 0.2) is 0 Å². The van der Waals surface area contributed by atoms with Crippen LogP contribution < -0.4 is 0 Å². The minimum atomic E-state index is -0.183. The predicted octanol–water partition coefficient (Wildman–Crippen LogP) is 2.45. The van der Waals surface area contributed by atoms with Gasteiger partial charge in [-0.2, -0.15) is 5.26 Å². The Morgan fingerprint density at radius 2 is 2.04 bits per heavy atom. The number of hydrogen-bond donors (Lipinski definition) is 0. The third-order valence-electron chi connectivity index (χ3n) is 4.91. The fraction of sp³-hybridized carbons (Fsp3) is 0.350. The second-order valence-electron chi connectivity index (χ2n) is 6.66. The quantitative estimate of drug-likeness (QED) is 0.810. The van der Waals surface area contributed by atoms with Crippen LogP contribution in [-0.2, 0) is 4.79 Å². The Morgan fingerprint density at radius 3 is 2.84 bits per heavy atom. The molecule has 0 N–H and O–H groups in total. The van der Waals surface area contributed by atoms with E-state index < -0.39 is 0 Å². The van der Waals surface area contributed by atoms with E-state index in [0.29, 0.717) is 19.1 Å². The molecule has 1 aliphatic heterocycles. The first kappa shape index (κ1) is 15.8. The van der Waals surface area contributed by atoms with E-state index in [1.807, 2.05) is 36.4 Å². The lowest BCUT2D eigenvalue weighted by Crippen LogP contribution is -2.54. The first-order valence-electron chi connectivity index (χ1n) is 8.73. The molecule has 1 atom stereocenters. The highest BCUT2D eigenvalue weighted by Gasteiger charge is 2.38. The van der Waals surface area contributed by atoms with Crippen LogP contribution in [-0.4, -0.2) is 52.4 Å².